The number of hydrogen-bond donors (Lipinski definition) is 15. The SMILES string of the molecule is CSCCC(NC(=O)C1CCCN1C(=O)C(N)CS)C(=O)NC(CO)C(=O)NC(CCC(=O)O)C(=O)NC(Cc1c[nH]c2ccccc12)C(=O)NC(CC(C)C)C(=O)NC(Cc1ccc(O)cc1)C(=O)NC(CS)C(=O)O. The van der Waals surface area contributed by atoms with Gasteiger partial charge in [0.25, 0.3) is 0 Å². The van der Waals surface area contributed by atoms with Crippen LogP contribution < -0.4 is 43.0 Å². The van der Waals surface area contributed by atoms with Crippen molar-refractivity contribution >= 4 is 107 Å². The Morgan fingerprint density at radius 3 is 1.84 bits per heavy atom. The number of phenolic OH excluding ortho intramolecular Hbond substituents is 1. The molecule has 0 saturated carbocycles. The number of rotatable bonds is 31. The molecule has 9 unspecified atom stereocenters. The van der Waals surface area contributed by atoms with E-state index in [1.165, 1.54) is 40.9 Å². The highest BCUT2D eigenvalue weighted by Crippen LogP contribution is 2.22. The Balaban J connectivity index is 1.61. The van der Waals surface area contributed by atoms with Gasteiger partial charge in [0.15, 0.2) is 0 Å². The first-order chi connectivity index (χ1) is 36.6. The highest BCUT2D eigenvalue weighted by Gasteiger charge is 2.39. The van der Waals surface area contributed by atoms with Gasteiger partial charge in [-0.3, -0.25) is 43.2 Å². The van der Waals surface area contributed by atoms with Crippen molar-refractivity contribution in [3.8, 4) is 5.75 Å². The number of aromatic nitrogens is 1. The van der Waals surface area contributed by atoms with Crippen molar-refractivity contribution in [1.29, 1.82) is 0 Å². The number of thioether (sulfide) groups is 1. The highest BCUT2D eigenvalue weighted by atomic mass is 32.2. The fraction of sp³-hybridized carbons (Fsp3) is 0.520. The molecule has 77 heavy (non-hydrogen) atoms. The zero-order valence-electron chi connectivity index (χ0n) is 42.9. The number of carbonyl (C=O) groups is 10. The predicted octanol–water partition coefficient (Wildman–Crippen LogP) is -1.03. The van der Waals surface area contributed by atoms with E-state index in [9.17, 15) is 68.4 Å². The Bertz CT molecular complexity index is 2550. The van der Waals surface area contributed by atoms with Crippen LogP contribution in [0.1, 0.15) is 63.5 Å². The molecule has 8 amide bonds. The van der Waals surface area contributed by atoms with Crippen LogP contribution in [-0.2, 0) is 60.8 Å². The number of likely N-dealkylation sites (tertiary alicyclic amines) is 1. The summed E-state index contributed by atoms with van der Waals surface area (Å²) in [4.78, 5) is 139. The molecule has 0 radical (unpaired) electrons. The predicted molar refractivity (Wildman–Crippen MR) is 292 cm³/mol. The number of thiol groups is 2. The quantitative estimate of drug-likeness (QED) is 0.0343. The number of phenols is 1. The molecule has 3 aromatic rings. The van der Waals surface area contributed by atoms with E-state index in [0.29, 0.717) is 40.6 Å². The minimum atomic E-state index is -1.75. The lowest BCUT2D eigenvalue weighted by molar-refractivity contribution is -0.141. The topological polar surface area (TPSA) is 381 Å². The molecule has 9 atom stereocenters. The van der Waals surface area contributed by atoms with E-state index in [0.717, 1.165) is 0 Å². The molecule has 2 aromatic carbocycles. The number of aromatic amines is 1. The fourth-order valence-electron chi connectivity index (χ4n) is 8.43. The molecule has 1 aliphatic heterocycles. The van der Waals surface area contributed by atoms with E-state index >= 15 is 0 Å². The maximum atomic E-state index is 14.6. The van der Waals surface area contributed by atoms with Crippen LogP contribution in [0.2, 0.25) is 0 Å². The number of aliphatic carboxylic acids is 2. The maximum absolute atomic E-state index is 14.6. The van der Waals surface area contributed by atoms with Crippen LogP contribution in [0.3, 0.4) is 0 Å². The lowest BCUT2D eigenvalue weighted by atomic mass is 9.99. The summed E-state index contributed by atoms with van der Waals surface area (Å²) in [5.74, 6) is -9.81. The van der Waals surface area contributed by atoms with Gasteiger partial charge in [-0.15, -0.1) is 0 Å². The molecule has 1 fully saturated rings. The number of carboxylic acids is 2. The molecule has 4 rings (SSSR count). The first-order valence-electron chi connectivity index (χ1n) is 24.9. The van der Waals surface area contributed by atoms with E-state index in [1.807, 2.05) is 0 Å². The molecule has 0 bridgehead atoms. The number of aliphatic hydroxyl groups excluding tert-OH is 1. The molecular weight excluding hydrogens is 1060 g/mol. The lowest BCUT2D eigenvalue weighted by Gasteiger charge is -2.29. The monoisotopic (exact) mass is 1130 g/mol. The van der Waals surface area contributed by atoms with Crippen LogP contribution in [0, 0.1) is 5.92 Å². The summed E-state index contributed by atoms with van der Waals surface area (Å²) < 4.78 is 0. The largest absolute Gasteiger partial charge is 0.508 e. The van der Waals surface area contributed by atoms with Gasteiger partial charge in [0, 0.05) is 54.4 Å². The van der Waals surface area contributed by atoms with Crippen LogP contribution in [0.5, 0.6) is 5.75 Å². The standard InChI is InChI=1S/C50H70N10O14S3/c1-26(2)19-35(44(67)56-36(20-27-10-12-29(62)13-11-27)45(68)59-39(25-76)50(73)74)55-46(69)37(21-28-22-52-32-8-5-4-7-30(28)32)57-42(65)33(14-15-41(63)64)53-47(70)38(23-61)58-43(66)34(16-18-77-3)54-48(71)40-9-6-17-60(40)49(72)31(51)24-75/h4-5,7-8,10-13,22,26,31,33-40,52,61-62,75-76H,6,9,14-21,23-25,51H2,1-3H3,(H,53,70)(H,54,71)(H,55,69)(H,56,67)(H,57,65)(H,58,66)(H,59,68)(H,63,64)(H,73,74). The molecular formula is C50H70N10O14S3. The van der Waals surface area contributed by atoms with Crippen molar-refractivity contribution in [3.63, 3.8) is 0 Å². The van der Waals surface area contributed by atoms with E-state index in [-0.39, 0.29) is 55.4 Å². The summed E-state index contributed by atoms with van der Waals surface area (Å²) in [6, 6.07) is 0.417. The molecule has 14 N–H and O–H groups in total. The third-order valence-electron chi connectivity index (χ3n) is 12.6. The summed E-state index contributed by atoms with van der Waals surface area (Å²) in [6.45, 7) is 2.77. The Labute approximate surface area is 460 Å². The molecule has 0 spiro atoms. The van der Waals surface area contributed by atoms with Crippen molar-refractivity contribution in [2.45, 2.75) is 120 Å². The van der Waals surface area contributed by atoms with Gasteiger partial charge in [-0.05, 0) is 79.4 Å². The number of aromatic hydroxyl groups is 1. The number of nitrogens with one attached hydrogen (secondary N) is 8. The molecule has 24 nitrogen and oxygen atoms in total. The number of carboxylic acid groups (broad SMARTS) is 2. The number of nitrogens with zero attached hydrogens (tertiary/aromatic N) is 1. The Kier molecular flexibility index (Phi) is 25.4. The number of benzene rings is 2. The molecule has 27 heteroatoms. The molecule has 1 saturated heterocycles. The number of amides is 8. The average molecular weight is 1130 g/mol. The highest BCUT2D eigenvalue weighted by molar-refractivity contribution is 7.98. The van der Waals surface area contributed by atoms with Crippen LogP contribution in [-0.4, -0.2) is 181 Å². The molecule has 422 valence electrons. The molecule has 0 aliphatic carbocycles. The van der Waals surface area contributed by atoms with E-state index in [1.54, 1.807) is 50.6 Å². The van der Waals surface area contributed by atoms with Gasteiger partial charge >= 0.3 is 11.9 Å². The van der Waals surface area contributed by atoms with Crippen LogP contribution >= 0.6 is 37.0 Å². The number of carbonyl (C=O) groups excluding carboxylic acids is 8. The number of fused-ring (bicyclic) bond motifs is 1. The van der Waals surface area contributed by atoms with E-state index in [2.05, 4.69) is 67.5 Å². The third-order valence-corrected chi connectivity index (χ3v) is 14.0. The van der Waals surface area contributed by atoms with Crippen molar-refractivity contribution < 1.29 is 68.4 Å². The smallest absolute Gasteiger partial charge is 0.327 e. The minimum Gasteiger partial charge on any atom is -0.508 e. The number of aliphatic hydroxyl groups is 1. The van der Waals surface area contributed by atoms with E-state index < -0.39 is 133 Å². The second-order valence-corrected chi connectivity index (χ2v) is 20.6. The van der Waals surface area contributed by atoms with Crippen LogP contribution in [0.4, 0.5) is 0 Å². The van der Waals surface area contributed by atoms with Gasteiger partial charge < -0.3 is 73.3 Å². The van der Waals surface area contributed by atoms with Crippen LogP contribution in [0.15, 0.2) is 54.7 Å². The second kappa shape index (κ2) is 31.0. The average Bonchev–Trinajstić information content (AvgIpc) is 4.06. The Morgan fingerprint density at radius 1 is 0.714 bits per heavy atom. The van der Waals surface area contributed by atoms with Crippen LogP contribution in [0.25, 0.3) is 10.9 Å². The molecule has 1 aromatic heterocycles. The van der Waals surface area contributed by atoms with Gasteiger partial charge in [-0.25, -0.2) is 4.79 Å². The summed E-state index contributed by atoms with van der Waals surface area (Å²) >= 11 is 9.46. The van der Waals surface area contributed by atoms with Gasteiger partial charge in [-0.2, -0.15) is 37.0 Å². The van der Waals surface area contributed by atoms with E-state index in [4.69, 9.17) is 5.73 Å². The zero-order valence-corrected chi connectivity index (χ0v) is 45.5. The van der Waals surface area contributed by atoms with Gasteiger partial charge in [0.05, 0.1) is 12.6 Å². The van der Waals surface area contributed by atoms with Crippen molar-refractivity contribution in [2.24, 2.45) is 11.7 Å². The number of para-hydroxylation sites is 1. The van der Waals surface area contributed by atoms with Gasteiger partial charge in [0.2, 0.25) is 47.3 Å². The molecule has 2 heterocycles. The lowest BCUT2D eigenvalue weighted by Crippen LogP contribution is -2.61. The zero-order chi connectivity index (χ0) is 56.9. The third kappa shape index (κ3) is 19.1. The number of hydrogen-bond acceptors (Lipinski definition) is 16. The molecule has 1 aliphatic rings. The summed E-state index contributed by atoms with van der Waals surface area (Å²) in [7, 11) is 0. The van der Waals surface area contributed by atoms with Gasteiger partial charge in [-0.1, -0.05) is 44.2 Å². The van der Waals surface area contributed by atoms with Crippen molar-refractivity contribution in [3.05, 3.63) is 65.9 Å². The Morgan fingerprint density at radius 2 is 1.26 bits per heavy atom. The fourth-order valence-corrected chi connectivity index (χ4v) is 9.30. The summed E-state index contributed by atoms with van der Waals surface area (Å²) in [5, 5.41) is 57.9. The Hall–Kier alpha value is -6.55. The number of H-pyrrole nitrogens is 1. The minimum absolute atomic E-state index is 0.00946. The first kappa shape index (κ1) is 63.0. The summed E-state index contributed by atoms with van der Waals surface area (Å²) in [5.41, 5.74) is 7.58. The summed E-state index contributed by atoms with van der Waals surface area (Å²) in [6.07, 6.45) is 2.61. The van der Waals surface area contributed by atoms with Crippen molar-refractivity contribution in [1.82, 2.24) is 47.1 Å². The van der Waals surface area contributed by atoms with Gasteiger partial charge in [0.1, 0.15) is 54.1 Å². The normalized spacial score (nSPS) is 16.4. The maximum Gasteiger partial charge on any atom is 0.327 e. The van der Waals surface area contributed by atoms with Crippen molar-refractivity contribution in [2.75, 3.05) is 36.7 Å². The first-order valence-corrected chi connectivity index (χ1v) is 27.5. The number of nitrogens with two attached hydrogens (primary N) is 1. The second-order valence-electron chi connectivity index (χ2n) is 18.9.